The molecule has 0 aliphatic rings. The minimum Gasteiger partial charge on any atom is -0.496 e. The molecule has 0 saturated heterocycles. The minimum absolute atomic E-state index is 0.172. The number of halogens is 3. The van der Waals surface area contributed by atoms with Gasteiger partial charge in [0.15, 0.2) is 0 Å². The van der Waals surface area contributed by atoms with E-state index in [4.69, 9.17) is 16.3 Å². The van der Waals surface area contributed by atoms with E-state index in [-0.39, 0.29) is 5.38 Å². The first-order chi connectivity index (χ1) is 9.02. The fourth-order valence-electron chi connectivity index (χ4n) is 1.86. The summed E-state index contributed by atoms with van der Waals surface area (Å²) in [4.78, 5) is 0. The van der Waals surface area contributed by atoms with E-state index in [1.54, 1.807) is 7.11 Å². The molecule has 1 nitrogen and oxygen atoms in total. The summed E-state index contributed by atoms with van der Waals surface area (Å²) in [5.74, 6) is 0.805. The van der Waals surface area contributed by atoms with E-state index >= 15 is 0 Å². The van der Waals surface area contributed by atoms with Crippen LogP contribution in [0.1, 0.15) is 22.1 Å². The summed E-state index contributed by atoms with van der Waals surface area (Å²) in [6.45, 7) is 2.06. The quantitative estimate of drug-likeness (QED) is 0.583. The molecule has 1 unspecified atom stereocenters. The van der Waals surface area contributed by atoms with Crippen LogP contribution in [-0.2, 0) is 0 Å². The van der Waals surface area contributed by atoms with E-state index < -0.39 is 0 Å². The number of methoxy groups -OCH3 is 1. The average Bonchev–Trinajstić information content (AvgIpc) is 2.41. The molecule has 0 radical (unpaired) electrons. The Morgan fingerprint density at radius 1 is 1.00 bits per heavy atom. The summed E-state index contributed by atoms with van der Waals surface area (Å²) < 4.78 is 7.23. The summed E-state index contributed by atoms with van der Waals surface area (Å²) in [6.07, 6.45) is 0. The Hall–Kier alpha value is -0.510. The van der Waals surface area contributed by atoms with Gasteiger partial charge in [-0.25, -0.2) is 0 Å². The van der Waals surface area contributed by atoms with Crippen molar-refractivity contribution in [3.05, 3.63) is 62.0 Å². The van der Waals surface area contributed by atoms with E-state index in [0.717, 1.165) is 25.8 Å². The molecule has 0 amide bonds. The summed E-state index contributed by atoms with van der Waals surface area (Å²) in [5.41, 5.74) is 3.30. The second-order valence-corrected chi connectivity index (χ2v) is 6.41. The van der Waals surface area contributed by atoms with E-state index in [9.17, 15) is 0 Å². The molecule has 19 heavy (non-hydrogen) atoms. The molecule has 1 atom stereocenters. The van der Waals surface area contributed by atoms with Crippen LogP contribution in [0.15, 0.2) is 45.3 Å². The Bertz CT molecular complexity index is 599. The number of rotatable bonds is 3. The lowest BCUT2D eigenvalue weighted by atomic mass is 10.0. The monoisotopic (exact) mass is 402 g/mol. The minimum atomic E-state index is -0.172. The van der Waals surface area contributed by atoms with Gasteiger partial charge in [0.25, 0.3) is 0 Å². The molecule has 0 saturated carbocycles. The number of ether oxygens (including phenoxy) is 1. The Morgan fingerprint density at radius 3 is 2.21 bits per heavy atom. The van der Waals surface area contributed by atoms with Crippen LogP contribution in [-0.4, -0.2) is 7.11 Å². The maximum Gasteiger partial charge on any atom is 0.133 e. The van der Waals surface area contributed by atoms with Crippen LogP contribution in [0.5, 0.6) is 5.75 Å². The first kappa shape index (κ1) is 14.9. The molecular formula is C15H13Br2ClO. The van der Waals surface area contributed by atoms with E-state index in [0.29, 0.717) is 0 Å². The summed E-state index contributed by atoms with van der Waals surface area (Å²) in [7, 11) is 1.65. The van der Waals surface area contributed by atoms with Gasteiger partial charge in [-0.05, 0) is 57.7 Å². The third-order valence-electron chi connectivity index (χ3n) is 2.94. The number of alkyl halides is 1. The molecule has 4 heteroatoms. The lowest BCUT2D eigenvalue weighted by Crippen LogP contribution is -1.95. The molecule has 100 valence electrons. The van der Waals surface area contributed by atoms with Crippen molar-refractivity contribution in [2.45, 2.75) is 12.3 Å². The highest BCUT2D eigenvalue weighted by Gasteiger charge is 2.13. The summed E-state index contributed by atoms with van der Waals surface area (Å²) in [5, 5.41) is -0.172. The summed E-state index contributed by atoms with van der Waals surface area (Å²) in [6, 6.07) is 12.1. The van der Waals surface area contributed by atoms with Gasteiger partial charge in [-0.3, -0.25) is 0 Å². The highest BCUT2D eigenvalue weighted by Crippen LogP contribution is 2.35. The van der Waals surface area contributed by atoms with Gasteiger partial charge in [0.05, 0.1) is 17.0 Å². The number of benzene rings is 2. The second kappa shape index (κ2) is 6.29. The predicted octanol–water partition coefficient (Wildman–Crippen LogP) is 5.86. The molecular weight excluding hydrogens is 391 g/mol. The van der Waals surface area contributed by atoms with Crippen molar-refractivity contribution in [2.75, 3.05) is 7.11 Å². The molecule has 0 spiro atoms. The summed E-state index contributed by atoms with van der Waals surface area (Å²) >= 11 is 13.5. The third kappa shape index (κ3) is 3.33. The van der Waals surface area contributed by atoms with Crippen molar-refractivity contribution in [1.29, 1.82) is 0 Å². The Kier molecular flexibility index (Phi) is 4.93. The highest BCUT2D eigenvalue weighted by molar-refractivity contribution is 9.10. The van der Waals surface area contributed by atoms with Crippen LogP contribution in [0, 0.1) is 6.92 Å². The Labute approximate surface area is 135 Å². The normalized spacial score (nSPS) is 12.3. The van der Waals surface area contributed by atoms with Gasteiger partial charge in [0.2, 0.25) is 0 Å². The maximum absolute atomic E-state index is 6.55. The fourth-order valence-corrected chi connectivity index (χ4v) is 2.93. The van der Waals surface area contributed by atoms with Crippen LogP contribution in [0.3, 0.4) is 0 Å². The SMILES string of the molecule is COc1ccc(C(Cl)c2ccc(Br)c(C)c2)cc1Br. The maximum atomic E-state index is 6.55. The van der Waals surface area contributed by atoms with Gasteiger partial charge in [0.1, 0.15) is 5.75 Å². The lowest BCUT2D eigenvalue weighted by Gasteiger charge is -2.13. The lowest BCUT2D eigenvalue weighted by molar-refractivity contribution is 0.412. The molecule has 0 aliphatic heterocycles. The van der Waals surface area contributed by atoms with Crippen molar-refractivity contribution in [3.8, 4) is 5.75 Å². The number of aryl methyl sites for hydroxylation is 1. The van der Waals surface area contributed by atoms with E-state index in [1.165, 1.54) is 5.56 Å². The van der Waals surface area contributed by atoms with Crippen LogP contribution in [0.2, 0.25) is 0 Å². The van der Waals surface area contributed by atoms with Crippen molar-refractivity contribution in [1.82, 2.24) is 0 Å². The number of hydrogen-bond acceptors (Lipinski definition) is 1. The molecule has 0 aliphatic carbocycles. The van der Waals surface area contributed by atoms with Crippen molar-refractivity contribution >= 4 is 43.5 Å². The zero-order chi connectivity index (χ0) is 14.0. The smallest absolute Gasteiger partial charge is 0.133 e. The van der Waals surface area contributed by atoms with Gasteiger partial charge in [-0.15, -0.1) is 11.6 Å². The zero-order valence-electron chi connectivity index (χ0n) is 10.6. The number of hydrogen-bond donors (Lipinski definition) is 0. The van der Waals surface area contributed by atoms with E-state index in [1.807, 2.05) is 30.3 Å². The van der Waals surface area contributed by atoms with Crippen LogP contribution < -0.4 is 4.74 Å². The molecule has 2 aromatic carbocycles. The van der Waals surface area contributed by atoms with Crippen LogP contribution in [0.4, 0.5) is 0 Å². The largest absolute Gasteiger partial charge is 0.496 e. The first-order valence-electron chi connectivity index (χ1n) is 5.76. The van der Waals surface area contributed by atoms with Gasteiger partial charge in [-0.1, -0.05) is 34.1 Å². The van der Waals surface area contributed by atoms with E-state index in [2.05, 4.69) is 44.8 Å². The highest BCUT2D eigenvalue weighted by atomic mass is 79.9. The van der Waals surface area contributed by atoms with Crippen molar-refractivity contribution in [2.24, 2.45) is 0 Å². The van der Waals surface area contributed by atoms with Crippen LogP contribution in [0.25, 0.3) is 0 Å². The predicted molar refractivity (Wildman–Crippen MR) is 87.3 cm³/mol. The second-order valence-electron chi connectivity index (χ2n) is 4.27. The Balaban J connectivity index is 2.35. The zero-order valence-corrected chi connectivity index (χ0v) is 14.5. The van der Waals surface area contributed by atoms with Gasteiger partial charge in [0, 0.05) is 4.47 Å². The third-order valence-corrected chi connectivity index (χ3v) is 4.96. The van der Waals surface area contributed by atoms with Gasteiger partial charge >= 0.3 is 0 Å². The molecule has 0 bridgehead atoms. The molecule has 0 aromatic heterocycles. The first-order valence-corrected chi connectivity index (χ1v) is 7.78. The standard InChI is InChI=1S/C15H13Br2ClO/c1-9-7-10(3-5-12(9)16)15(18)11-4-6-14(19-2)13(17)8-11/h3-8,15H,1-2H3. The average molecular weight is 405 g/mol. The molecule has 2 rings (SSSR count). The van der Waals surface area contributed by atoms with Crippen molar-refractivity contribution in [3.63, 3.8) is 0 Å². The van der Waals surface area contributed by atoms with Crippen molar-refractivity contribution < 1.29 is 4.74 Å². The van der Waals surface area contributed by atoms with Crippen LogP contribution >= 0.6 is 43.5 Å². The topological polar surface area (TPSA) is 9.23 Å². The molecule has 2 aromatic rings. The van der Waals surface area contributed by atoms with Gasteiger partial charge < -0.3 is 4.74 Å². The molecule has 0 fully saturated rings. The van der Waals surface area contributed by atoms with Gasteiger partial charge in [-0.2, -0.15) is 0 Å². The molecule has 0 heterocycles. The fraction of sp³-hybridized carbons (Fsp3) is 0.200. The molecule has 0 N–H and O–H groups in total. The Morgan fingerprint density at radius 2 is 1.63 bits per heavy atom.